The first-order valence-electron chi connectivity index (χ1n) is 5.31. The molecule has 2 nitrogen and oxygen atoms in total. The number of piperidine rings is 1. The molecule has 1 fully saturated rings. The second kappa shape index (κ2) is 4.12. The van der Waals surface area contributed by atoms with Crippen molar-refractivity contribution in [2.24, 2.45) is 11.8 Å². The lowest BCUT2D eigenvalue weighted by molar-refractivity contribution is -0.137. The van der Waals surface area contributed by atoms with Crippen molar-refractivity contribution in [3.63, 3.8) is 0 Å². The molecular formula is C11H21NO. The van der Waals surface area contributed by atoms with Gasteiger partial charge in [0, 0.05) is 19.0 Å². The van der Waals surface area contributed by atoms with Crippen molar-refractivity contribution in [3.05, 3.63) is 0 Å². The number of rotatable bonds is 2. The molecule has 1 aliphatic rings. The number of carbonyl (C=O) groups excluding carboxylic acids is 1. The average molecular weight is 183 g/mol. The highest BCUT2D eigenvalue weighted by Crippen LogP contribution is 2.25. The van der Waals surface area contributed by atoms with Gasteiger partial charge < -0.3 is 4.90 Å². The lowest BCUT2D eigenvalue weighted by Gasteiger charge is -2.37. The van der Waals surface area contributed by atoms with Gasteiger partial charge in [-0.05, 0) is 32.1 Å². The van der Waals surface area contributed by atoms with Crippen molar-refractivity contribution in [3.8, 4) is 0 Å². The fourth-order valence-corrected chi connectivity index (χ4v) is 1.94. The summed E-state index contributed by atoms with van der Waals surface area (Å²) in [6.45, 7) is 9.66. The Morgan fingerprint density at radius 2 is 1.92 bits per heavy atom. The highest BCUT2D eigenvalue weighted by atomic mass is 16.2. The van der Waals surface area contributed by atoms with E-state index in [4.69, 9.17) is 0 Å². The van der Waals surface area contributed by atoms with Crippen LogP contribution >= 0.6 is 0 Å². The van der Waals surface area contributed by atoms with E-state index in [2.05, 4.69) is 27.7 Å². The van der Waals surface area contributed by atoms with Gasteiger partial charge in [0.2, 0.25) is 5.91 Å². The van der Waals surface area contributed by atoms with Crippen molar-refractivity contribution in [2.75, 3.05) is 6.54 Å². The van der Waals surface area contributed by atoms with Crippen molar-refractivity contribution in [1.82, 2.24) is 4.90 Å². The number of carbonyl (C=O) groups is 1. The number of hydrogen-bond acceptors (Lipinski definition) is 1. The first-order chi connectivity index (χ1) is 6.02. The van der Waals surface area contributed by atoms with Crippen LogP contribution in [0.1, 0.15) is 40.5 Å². The molecule has 0 bridgehead atoms. The summed E-state index contributed by atoms with van der Waals surface area (Å²) in [6.07, 6.45) is 1.83. The third kappa shape index (κ3) is 2.45. The molecule has 0 saturated carbocycles. The molecule has 1 amide bonds. The summed E-state index contributed by atoms with van der Waals surface area (Å²) in [5.74, 6) is 1.75. The number of nitrogens with zero attached hydrogens (tertiary/aromatic N) is 1. The number of likely N-dealkylation sites (tertiary alicyclic amines) is 1. The maximum absolute atomic E-state index is 11.5. The molecule has 76 valence electrons. The fourth-order valence-electron chi connectivity index (χ4n) is 1.94. The molecule has 0 aliphatic carbocycles. The highest BCUT2D eigenvalue weighted by Gasteiger charge is 2.28. The SMILES string of the molecule is CC(C)[C@@H]1CCC(=O)N(C(C)C)C1. The van der Waals surface area contributed by atoms with Crippen LogP contribution in [0.15, 0.2) is 0 Å². The minimum absolute atomic E-state index is 0.340. The summed E-state index contributed by atoms with van der Waals surface area (Å²) < 4.78 is 0. The summed E-state index contributed by atoms with van der Waals surface area (Å²) in [5.41, 5.74) is 0. The molecule has 1 aliphatic heterocycles. The molecule has 1 rings (SSSR count). The molecular weight excluding hydrogens is 162 g/mol. The third-order valence-corrected chi connectivity index (χ3v) is 3.05. The second-order valence-corrected chi connectivity index (χ2v) is 4.68. The number of amides is 1. The predicted molar refractivity (Wildman–Crippen MR) is 54.4 cm³/mol. The molecule has 13 heavy (non-hydrogen) atoms. The Hall–Kier alpha value is -0.530. The van der Waals surface area contributed by atoms with Crippen LogP contribution in [0.3, 0.4) is 0 Å². The standard InChI is InChI=1S/C11H21NO/c1-8(2)10-5-6-11(13)12(7-10)9(3)4/h8-10H,5-7H2,1-4H3/t10-/m1/s1. The molecule has 0 aromatic rings. The van der Waals surface area contributed by atoms with Gasteiger partial charge in [-0.15, -0.1) is 0 Å². The highest BCUT2D eigenvalue weighted by molar-refractivity contribution is 5.77. The van der Waals surface area contributed by atoms with Crippen molar-refractivity contribution < 1.29 is 4.79 Å². The first kappa shape index (κ1) is 10.6. The topological polar surface area (TPSA) is 20.3 Å². The first-order valence-corrected chi connectivity index (χ1v) is 5.31. The van der Waals surface area contributed by atoms with Gasteiger partial charge in [-0.25, -0.2) is 0 Å². The van der Waals surface area contributed by atoms with Gasteiger partial charge >= 0.3 is 0 Å². The quantitative estimate of drug-likeness (QED) is 0.643. The zero-order valence-corrected chi connectivity index (χ0v) is 9.21. The summed E-state index contributed by atoms with van der Waals surface area (Å²) >= 11 is 0. The third-order valence-electron chi connectivity index (χ3n) is 3.05. The van der Waals surface area contributed by atoms with E-state index in [1.165, 1.54) is 0 Å². The van der Waals surface area contributed by atoms with E-state index in [1.54, 1.807) is 0 Å². The summed E-state index contributed by atoms with van der Waals surface area (Å²) in [7, 11) is 0. The van der Waals surface area contributed by atoms with E-state index in [-0.39, 0.29) is 0 Å². The Bertz CT molecular complexity index is 187. The monoisotopic (exact) mass is 183 g/mol. The lowest BCUT2D eigenvalue weighted by Crippen LogP contribution is -2.45. The van der Waals surface area contributed by atoms with Crippen LogP contribution < -0.4 is 0 Å². The van der Waals surface area contributed by atoms with E-state index in [0.29, 0.717) is 23.8 Å². The summed E-state index contributed by atoms with van der Waals surface area (Å²) in [6, 6.07) is 0.369. The largest absolute Gasteiger partial charge is 0.340 e. The number of hydrogen-bond donors (Lipinski definition) is 0. The van der Waals surface area contributed by atoms with Crippen LogP contribution in [0, 0.1) is 11.8 Å². The van der Waals surface area contributed by atoms with Gasteiger partial charge in [-0.2, -0.15) is 0 Å². The van der Waals surface area contributed by atoms with E-state index in [9.17, 15) is 4.79 Å². The van der Waals surface area contributed by atoms with E-state index < -0.39 is 0 Å². The summed E-state index contributed by atoms with van der Waals surface area (Å²) in [4.78, 5) is 13.6. The molecule has 1 saturated heterocycles. The zero-order valence-electron chi connectivity index (χ0n) is 9.21. The van der Waals surface area contributed by atoms with Gasteiger partial charge in [-0.1, -0.05) is 13.8 Å². The molecule has 0 spiro atoms. The molecule has 0 radical (unpaired) electrons. The van der Waals surface area contributed by atoms with Crippen molar-refractivity contribution >= 4 is 5.91 Å². The molecule has 1 heterocycles. The Morgan fingerprint density at radius 1 is 1.31 bits per heavy atom. The molecule has 2 heteroatoms. The van der Waals surface area contributed by atoms with Crippen LogP contribution in [0.4, 0.5) is 0 Å². The Balaban J connectivity index is 2.58. The van der Waals surface area contributed by atoms with Gasteiger partial charge in [0.05, 0.1) is 0 Å². The fraction of sp³-hybridized carbons (Fsp3) is 0.909. The predicted octanol–water partition coefficient (Wildman–Crippen LogP) is 2.29. The lowest BCUT2D eigenvalue weighted by atomic mass is 9.87. The van der Waals surface area contributed by atoms with E-state index >= 15 is 0 Å². The molecule has 0 aromatic heterocycles. The average Bonchev–Trinajstić information content (AvgIpc) is 2.04. The van der Waals surface area contributed by atoms with Crippen LogP contribution in [0.2, 0.25) is 0 Å². The van der Waals surface area contributed by atoms with Crippen LogP contribution in [0.5, 0.6) is 0 Å². The minimum Gasteiger partial charge on any atom is -0.340 e. The van der Waals surface area contributed by atoms with E-state index in [0.717, 1.165) is 19.4 Å². The molecule has 0 unspecified atom stereocenters. The molecule has 0 aromatic carbocycles. The van der Waals surface area contributed by atoms with Crippen LogP contribution in [-0.4, -0.2) is 23.4 Å². The Morgan fingerprint density at radius 3 is 2.38 bits per heavy atom. The van der Waals surface area contributed by atoms with Crippen molar-refractivity contribution in [2.45, 2.75) is 46.6 Å². The maximum Gasteiger partial charge on any atom is 0.222 e. The zero-order chi connectivity index (χ0) is 10.0. The molecule has 0 N–H and O–H groups in total. The van der Waals surface area contributed by atoms with E-state index in [1.807, 2.05) is 4.90 Å². The van der Waals surface area contributed by atoms with Crippen LogP contribution in [0.25, 0.3) is 0 Å². The van der Waals surface area contributed by atoms with Gasteiger partial charge in [0.1, 0.15) is 0 Å². The van der Waals surface area contributed by atoms with Crippen molar-refractivity contribution in [1.29, 1.82) is 0 Å². The molecule has 1 atom stereocenters. The normalized spacial score (nSPS) is 24.6. The van der Waals surface area contributed by atoms with Gasteiger partial charge in [0.15, 0.2) is 0 Å². The second-order valence-electron chi connectivity index (χ2n) is 4.68. The smallest absolute Gasteiger partial charge is 0.222 e. The van der Waals surface area contributed by atoms with Crippen LogP contribution in [-0.2, 0) is 4.79 Å². The minimum atomic E-state index is 0.340. The van der Waals surface area contributed by atoms with Gasteiger partial charge in [0.25, 0.3) is 0 Å². The Kier molecular flexibility index (Phi) is 3.34. The summed E-state index contributed by atoms with van der Waals surface area (Å²) in [5, 5.41) is 0. The van der Waals surface area contributed by atoms with Gasteiger partial charge in [-0.3, -0.25) is 4.79 Å². The Labute approximate surface area is 81.3 Å². The maximum atomic E-state index is 11.5.